The second kappa shape index (κ2) is 15.8. The Hall–Kier alpha value is -3.89. The van der Waals surface area contributed by atoms with Crippen LogP contribution in [0.3, 0.4) is 0 Å². The van der Waals surface area contributed by atoms with Gasteiger partial charge in [0.05, 0.1) is 29.2 Å². The van der Waals surface area contributed by atoms with Crippen molar-refractivity contribution in [3.05, 3.63) is 83.1 Å². The first kappa shape index (κ1) is 34.4. The van der Waals surface area contributed by atoms with Crippen molar-refractivity contribution in [2.24, 2.45) is 27.2 Å². The maximum atomic E-state index is 14.2. The van der Waals surface area contributed by atoms with E-state index in [9.17, 15) is 4.39 Å². The molecule has 6 nitrogen and oxygen atoms in total. The number of rotatable bonds is 13. The molecule has 2 aromatic carbocycles. The highest BCUT2D eigenvalue weighted by Gasteiger charge is 2.24. The third-order valence-corrected chi connectivity index (χ3v) is 9.74. The van der Waals surface area contributed by atoms with Crippen molar-refractivity contribution in [2.75, 3.05) is 19.6 Å². The molecule has 0 N–H and O–H groups in total. The smallest absolute Gasteiger partial charge is 0.127 e. The molecule has 1 saturated carbocycles. The van der Waals surface area contributed by atoms with Crippen LogP contribution in [0.5, 0.6) is 0 Å². The van der Waals surface area contributed by atoms with E-state index in [0.717, 1.165) is 69.1 Å². The van der Waals surface area contributed by atoms with Gasteiger partial charge in [-0.05, 0) is 129 Å². The van der Waals surface area contributed by atoms with Crippen LogP contribution in [-0.2, 0) is 19.5 Å². The van der Waals surface area contributed by atoms with Crippen molar-refractivity contribution >= 4 is 29.5 Å². The fourth-order valence-corrected chi connectivity index (χ4v) is 7.08. The molecule has 0 amide bonds. The number of likely N-dealkylation sites (tertiary alicyclic amines) is 1. The Labute approximate surface area is 280 Å². The summed E-state index contributed by atoms with van der Waals surface area (Å²) < 4.78 is 16.8. The van der Waals surface area contributed by atoms with Gasteiger partial charge < -0.3 is 4.57 Å². The molecule has 1 aromatic heterocycles. The first-order chi connectivity index (χ1) is 22.6. The van der Waals surface area contributed by atoms with Crippen molar-refractivity contribution in [3.8, 4) is 6.07 Å². The third kappa shape index (κ3) is 9.58. The fraction of sp³-hybridized carbons (Fsp3) is 0.500. The minimum absolute atomic E-state index is 0.205. The van der Waals surface area contributed by atoms with E-state index in [0.29, 0.717) is 29.9 Å². The number of hydrogen-bond donors (Lipinski definition) is 0. The molecular weight excluding hydrogens is 583 g/mol. The maximum Gasteiger partial charge on any atom is 0.127 e. The second-order valence-electron chi connectivity index (χ2n) is 14.8. The normalized spacial score (nSPS) is 17.1. The monoisotopic (exact) mass is 634 g/mol. The first-order valence-electron chi connectivity index (χ1n) is 17.4. The number of piperidine rings is 1. The summed E-state index contributed by atoms with van der Waals surface area (Å²) in [6, 6.07) is 13.3. The van der Waals surface area contributed by atoms with E-state index in [1.165, 1.54) is 54.2 Å². The Kier molecular flexibility index (Phi) is 11.6. The average molecular weight is 635 g/mol. The van der Waals surface area contributed by atoms with Crippen LogP contribution in [0.4, 0.5) is 4.39 Å². The second-order valence-corrected chi connectivity index (χ2v) is 14.8. The van der Waals surface area contributed by atoms with Gasteiger partial charge in [0.15, 0.2) is 0 Å². The number of nitrogens with zero attached hydrogens (tertiary/aromatic N) is 6. The van der Waals surface area contributed by atoms with Crippen LogP contribution in [0.1, 0.15) is 94.7 Å². The highest BCUT2D eigenvalue weighted by Crippen LogP contribution is 2.33. The molecule has 2 fully saturated rings. The minimum Gasteiger partial charge on any atom is -0.327 e. The number of fused-ring (bicyclic) bond motifs is 1. The summed E-state index contributed by atoms with van der Waals surface area (Å²) in [5, 5.41) is 8.95. The Morgan fingerprint density at radius 2 is 1.85 bits per heavy atom. The highest BCUT2D eigenvalue weighted by molar-refractivity contribution is 5.81. The van der Waals surface area contributed by atoms with Crippen molar-refractivity contribution < 1.29 is 4.39 Å². The molecular formula is C40H51FN6. The SMILES string of the molecule is C=N/C(=C\C=NCC1CCN(Cc2nc3ccc(C(=C)CC(C)(C)C)cc3n2CC2CCCC2)CC1)CCc1ccc(C#N)cc1F. The Morgan fingerprint density at radius 1 is 1.09 bits per heavy atom. The Balaban J connectivity index is 1.16. The average Bonchev–Trinajstić information content (AvgIpc) is 3.69. The van der Waals surface area contributed by atoms with Crippen molar-refractivity contribution in [3.63, 3.8) is 0 Å². The van der Waals surface area contributed by atoms with E-state index in [4.69, 9.17) is 15.2 Å². The lowest BCUT2D eigenvalue weighted by molar-refractivity contribution is 0.175. The van der Waals surface area contributed by atoms with Crippen LogP contribution in [0.25, 0.3) is 16.6 Å². The van der Waals surface area contributed by atoms with Gasteiger partial charge in [-0.3, -0.25) is 14.9 Å². The quantitative estimate of drug-likeness (QED) is 0.176. The maximum absolute atomic E-state index is 14.2. The topological polar surface area (TPSA) is 69.6 Å². The zero-order valence-corrected chi connectivity index (χ0v) is 28.6. The number of aryl methyl sites for hydroxylation is 1. The molecule has 7 heteroatoms. The molecule has 1 aliphatic carbocycles. The van der Waals surface area contributed by atoms with Gasteiger partial charge in [0.1, 0.15) is 11.6 Å². The molecule has 1 aliphatic heterocycles. The third-order valence-electron chi connectivity index (χ3n) is 9.74. The molecule has 2 aliphatic rings. The zero-order valence-electron chi connectivity index (χ0n) is 28.6. The van der Waals surface area contributed by atoms with E-state index in [1.54, 1.807) is 12.1 Å². The number of nitriles is 1. The molecule has 0 bridgehead atoms. The number of allylic oxidation sites excluding steroid dienone is 3. The summed E-state index contributed by atoms with van der Waals surface area (Å²) in [7, 11) is 0. The van der Waals surface area contributed by atoms with Crippen LogP contribution >= 0.6 is 0 Å². The molecule has 0 spiro atoms. The number of aromatic nitrogens is 2. The summed E-state index contributed by atoms with van der Waals surface area (Å²) in [4.78, 5) is 16.6. The van der Waals surface area contributed by atoms with E-state index >= 15 is 0 Å². The number of imidazole rings is 1. The molecule has 1 saturated heterocycles. The summed E-state index contributed by atoms with van der Waals surface area (Å²) in [5.74, 6) is 2.12. The van der Waals surface area contributed by atoms with Gasteiger partial charge in [-0.2, -0.15) is 5.26 Å². The van der Waals surface area contributed by atoms with E-state index < -0.39 is 0 Å². The van der Waals surface area contributed by atoms with Crippen LogP contribution in [0, 0.1) is 34.4 Å². The van der Waals surface area contributed by atoms with E-state index in [-0.39, 0.29) is 11.2 Å². The lowest BCUT2D eigenvalue weighted by Crippen LogP contribution is -2.35. The van der Waals surface area contributed by atoms with E-state index in [1.807, 2.05) is 18.4 Å². The highest BCUT2D eigenvalue weighted by atomic mass is 19.1. The molecule has 248 valence electrons. The zero-order chi connectivity index (χ0) is 33.4. The van der Waals surface area contributed by atoms with Gasteiger partial charge in [0.2, 0.25) is 0 Å². The Morgan fingerprint density at radius 3 is 2.53 bits per heavy atom. The van der Waals surface area contributed by atoms with Crippen LogP contribution in [0.2, 0.25) is 0 Å². The van der Waals surface area contributed by atoms with Crippen molar-refractivity contribution in [1.82, 2.24) is 14.5 Å². The summed E-state index contributed by atoms with van der Waals surface area (Å²) in [6.07, 6.45) is 13.3. The lowest BCUT2D eigenvalue weighted by Gasteiger charge is -2.31. The summed E-state index contributed by atoms with van der Waals surface area (Å²) in [5.41, 5.74) is 6.67. The standard InChI is InChI=1S/C40H51FN6/c1-29(24-40(2,3)4)34-13-15-37-38(23-34)47(27-31-8-6-7-9-31)39(45-37)28-46-20-17-30(18-21-46)26-44-19-16-35(43-5)14-12-33-11-10-32(25-42)22-36(33)41/h10-11,13,15-16,19,22-23,30-31H,1,5-9,12,14,17-18,20-21,24,26-28H2,2-4H3/b35-16-,44-19?. The number of benzene rings is 2. The van der Waals surface area contributed by atoms with Crippen molar-refractivity contribution in [2.45, 2.75) is 91.6 Å². The molecule has 2 heterocycles. The van der Waals surface area contributed by atoms with E-state index in [2.05, 4.69) is 66.7 Å². The van der Waals surface area contributed by atoms with Crippen LogP contribution in [0.15, 0.2) is 64.7 Å². The van der Waals surface area contributed by atoms with Crippen LogP contribution in [-0.4, -0.2) is 47.0 Å². The van der Waals surface area contributed by atoms with Gasteiger partial charge in [-0.15, -0.1) is 0 Å². The van der Waals surface area contributed by atoms with Gasteiger partial charge in [0.25, 0.3) is 0 Å². The van der Waals surface area contributed by atoms with Gasteiger partial charge >= 0.3 is 0 Å². The van der Waals surface area contributed by atoms with Gasteiger partial charge in [-0.25, -0.2) is 9.37 Å². The van der Waals surface area contributed by atoms with Crippen molar-refractivity contribution in [1.29, 1.82) is 5.26 Å². The fourth-order valence-electron chi connectivity index (χ4n) is 7.08. The predicted octanol–water partition coefficient (Wildman–Crippen LogP) is 9.19. The number of halogens is 1. The molecule has 47 heavy (non-hydrogen) atoms. The molecule has 3 aromatic rings. The largest absolute Gasteiger partial charge is 0.327 e. The molecule has 0 atom stereocenters. The molecule has 0 radical (unpaired) electrons. The van der Waals surface area contributed by atoms with Gasteiger partial charge in [0, 0.05) is 25.0 Å². The first-order valence-corrected chi connectivity index (χ1v) is 17.4. The summed E-state index contributed by atoms with van der Waals surface area (Å²) >= 11 is 0. The number of aliphatic imine (C=N–C) groups is 2. The van der Waals surface area contributed by atoms with Crippen LogP contribution < -0.4 is 0 Å². The lowest BCUT2D eigenvalue weighted by atomic mass is 9.86. The molecule has 5 rings (SSSR count). The van der Waals surface area contributed by atoms with Gasteiger partial charge in [-0.1, -0.05) is 52.3 Å². The molecule has 0 unspecified atom stereocenters. The minimum atomic E-state index is -0.356. The summed E-state index contributed by atoms with van der Waals surface area (Å²) in [6.45, 7) is 19.8. The number of hydrogen-bond acceptors (Lipinski definition) is 5. The predicted molar refractivity (Wildman–Crippen MR) is 193 cm³/mol. The Bertz CT molecular complexity index is 1650.